The van der Waals surface area contributed by atoms with E-state index in [0.29, 0.717) is 6.04 Å². The predicted molar refractivity (Wildman–Crippen MR) is 78.2 cm³/mol. The average molecular weight is 249 g/mol. The summed E-state index contributed by atoms with van der Waals surface area (Å²) in [7, 11) is 1.74. The van der Waals surface area contributed by atoms with Crippen LogP contribution in [0.4, 0.5) is 0 Å². The van der Waals surface area contributed by atoms with Crippen LogP contribution < -0.4 is 10.5 Å². The molecule has 0 spiro atoms. The summed E-state index contributed by atoms with van der Waals surface area (Å²) in [5.74, 6) is 1.01. The Morgan fingerprint density at radius 2 is 2.00 bits per heavy atom. The van der Waals surface area contributed by atoms with Gasteiger partial charge in [0, 0.05) is 6.04 Å². The molecule has 2 heteroatoms. The zero-order valence-corrected chi connectivity index (χ0v) is 12.0. The van der Waals surface area contributed by atoms with Gasteiger partial charge in [0.1, 0.15) is 5.75 Å². The fraction of sp³-hybridized carbons (Fsp3) is 0.625. The molecule has 0 fully saturated rings. The van der Waals surface area contributed by atoms with Crippen LogP contribution in [0.3, 0.4) is 0 Å². The smallest absolute Gasteiger partial charge is 0.122 e. The highest BCUT2D eigenvalue weighted by Crippen LogP contribution is 2.22. The zero-order chi connectivity index (χ0) is 13.4. The Kier molecular flexibility index (Phi) is 6.81. The molecule has 0 aromatic heterocycles. The number of methoxy groups -OCH3 is 1. The largest absolute Gasteiger partial charge is 0.496 e. The summed E-state index contributed by atoms with van der Waals surface area (Å²) in [6.07, 6.45) is 6.70. The predicted octanol–water partition coefficient (Wildman–Crippen LogP) is 3.71. The third-order valence-corrected chi connectivity index (χ3v) is 3.43. The summed E-state index contributed by atoms with van der Waals surface area (Å²) in [6.45, 7) is 4.37. The molecule has 1 aromatic carbocycles. The lowest BCUT2D eigenvalue weighted by Gasteiger charge is -2.12. The van der Waals surface area contributed by atoms with Crippen molar-refractivity contribution < 1.29 is 4.74 Å². The Bertz CT molecular complexity index is 349. The molecule has 0 saturated heterocycles. The number of benzene rings is 1. The third-order valence-electron chi connectivity index (χ3n) is 3.43. The van der Waals surface area contributed by atoms with E-state index in [2.05, 4.69) is 32.0 Å². The van der Waals surface area contributed by atoms with Crippen LogP contribution in [-0.4, -0.2) is 13.2 Å². The second-order valence-electron chi connectivity index (χ2n) is 4.94. The van der Waals surface area contributed by atoms with E-state index >= 15 is 0 Å². The Morgan fingerprint density at radius 3 is 2.61 bits per heavy atom. The first-order valence-electron chi connectivity index (χ1n) is 7.12. The van der Waals surface area contributed by atoms with E-state index < -0.39 is 0 Å². The molecule has 1 aromatic rings. The second kappa shape index (κ2) is 8.15. The third kappa shape index (κ3) is 4.69. The number of aryl methyl sites for hydroxylation is 2. The first-order chi connectivity index (χ1) is 8.71. The van der Waals surface area contributed by atoms with Gasteiger partial charge in [0.2, 0.25) is 0 Å². The van der Waals surface area contributed by atoms with Crippen molar-refractivity contribution in [3.63, 3.8) is 0 Å². The quantitative estimate of drug-likeness (QED) is 0.762. The van der Waals surface area contributed by atoms with Crippen LogP contribution in [0.25, 0.3) is 0 Å². The summed E-state index contributed by atoms with van der Waals surface area (Å²) < 4.78 is 5.42. The highest BCUT2D eigenvalue weighted by molar-refractivity contribution is 5.37. The molecule has 2 nitrogen and oxygen atoms in total. The molecular formula is C16H27NO. The molecule has 1 unspecified atom stereocenters. The maximum atomic E-state index is 6.04. The fourth-order valence-corrected chi connectivity index (χ4v) is 2.32. The maximum absolute atomic E-state index is 6.04. The summed E-state index contributed by atoms with van der Waals surface area (Å²) >= 11 is 0. The Morgan fingerprint density at radius 1 is 1.22 bits per heavy atom. The van der Waals surface area contributed by atoms with E-state index in [1.807, 2.05) is 0 Å². The maximum Gasteiger partial charge on any atom is 0.122 e. The Labute approximate surface area is 112 Å². The molecule has 1 atom stereocenters. The first kappa shape index (κ1) is 15.0. The van der Waals surface area contributed by atoms with E-state index in [9.17, 15) is 0 Å². The van der Waals surface area contributed by atoms with Crippen LogP contribution in [0.15, 0.2) is 18.2 Å². The van der Waals surface area contributed by atoms with E-state index in [-0.39, 0.29) is 0 Å². The number of hydrogen-bond donors (Lipinski definition) is 1. The summed E-state index contributed by atoms with van der Waals surface area (Å²) in [5, 5.41) is 0. The highest BCUT2D eigenvalue weighted by atomic mass is 16.5. The minimum Gasteiger partial charge on any atom is -0.496 e. The standard InChI is InChI=1S/C16H27NO/c1-4-7-15(17)9-6-8-14-12-13(5-2)10-11-16(14)18-3/h10-12,15H,4-9,17H2,1-3H3. The van der Waals surface area contributed by atoms with Gasteiger partial charge in [-0.2, -0.15) is 0 Å². The van der Waals surface area contributed by atoms with Crippen molar-refractivity contribution in [2.24, 2.45) is 5.73 Å². The molecular weight excluding hydrogens is 222 g/mol. The second-order valence-corrected chi connectivity index (χ2v) is 4.94. The zero-order valence-electron chi connectivity index (χ0n) is 12.0. The molecule has 1 rings (SSSR count). The highest BCUT2D eigenvalue weighted by Gasteiger charge is 2.06. The number of ether oxygens (including phenoxy) is 1. The van der Waals surface area contributed by atoms with E-state index in [1.54, 1.807) is 7.11 Å². The van der Waals surface area contributed by atoms with E-state index in [0.717, 1.165) is 37.9 Å². The molecule has 2 N–H and O–H groups in total. The lowest BCUT2D eigenvalue weighted by molar-refractivity contribution is 0.408. The van der Waals surface area contributed by atoms with Crippen molar-refractivity contribution in [2.75, 3.05) is 7.11 Å². The van der Waals surface area contributed by atoms with Crippen molar-refractivity contribution in [3.8, 4) is 5.75 Å². The van der Waals surface area contributed by atoms with Gasteiger partial charge in [-0.1, -0.05) is 32.4 Å². The van der Waals surface area contributed by atoms with Gasteiger partial charge < -0.3 is 10.5 Å². The molecule has 0 bridgehead atoms. The number of hydrogen-bond acceptors (Lipinski definition) is 2. The summed E-state index contributed by atoms with van der Waals surface area (Å²) in [6, 6.07) is 6.85. The Balaban J connectivity index is 2.54. The minimum absolute atomic E-state index is 0.357. The van der Waals surface area contributed by atoms with Gasteiger partial charge in [-0.25, -0.2) is 0 Å². The number of rotatable bonds is 8. The molecule has 0 aliphatic rings. The normalized spacial score (nSPS) is 12.4. The topological polar surface area (TPSA) is 35.2 Å². The van der Waals surface area contributed by atoms with Crippen LogP contribution in [-0.2, 0) is 12.8 Å². The molecule has 18 heavy (non-hydrogen) atoms. The molecule has 0 aliphatic heterocycles. The van der Waals surface area contributed by atoms with E-state index in [1.165, 1.54) is 17.5 Å². The minimum atomic E-state index is 0.357. The van der Waals surface area contributed by atoms with Gasteiger partial charge in [0.15, 0.2) is 0 Å². The van der Waals surface area contributed by atoms with E-state index in [4.69, 9.17) is 10.5 Å². The van der Waals surface area contributed by atoms with Crippen LogP contribution in [0, 0.1) is 0 Å². The van der Waals surface area contributed by atoms with Crippen LogP contribution in [0.2, 0.25) is 0 Å². The van der Waals surface area contributed by atoms with Crippen LogP contribution in [0.5, 0.6) is 5.75 Å². The van der Waals surface area contributed by atoms with Crippen LogP contribution in [0.1, 0.15) is 50.7 Å². The van der Waals surface area contributed by atoms with Gasteiger partial charge >= 0.3 is 0 Å². The Hall–Kier alpha value is -1.02. The molecule has 102 valence electrons. The molecule has 0 saturated carbocycles. The van der Waals surface area contributed by atoms with Gasteiger partial charge in [-0.15, -0.1) is 0 Å². The molecule has 0 heterocycles. The molecule has 0 amide bonds. The average Bonchev–Trinajstić information content (AvgIpc) is 2.39. The van der Waals surface area contributed by atoms with Crippen molar-refractivity contribution in [2.45, 2.75) is 58.4 Å². The van der Waals surface area contributed by atoms with Crippen molar-refractivity contribution in [1.82, 2.24) is 0 Å². The van der Waals surface area contributed by atoms with Crippen molar-refractivity contribution in [1.29, 1.82) is 0 Å². The van der Waals surface area contributed by atoms with Crippen LogP contribution >= 0.6 is 0 Å². The van der Waals surface area contributed by atoms with Gasteiger partial charge in [-0.05, 0) is 49.3 Å². The number of nitrogens with two attached hydrogens (primary N) is 1. The fourth-order valence-electron chi connectivity index (χ4n) is 2.32. The van der Waals surface area contributed by atoms with Crippen molar-refractivity contribution in [3.05, 3.63) is 29.3 Å². The summed E-state index contributed by atoms with van der Waals surface area (Å²) in [4.78, 5) is 0. The summed E-state index contributed by atoms with van der Waals surface area (Å²) in [5.41, 5.74) is 8.74. The van der Waals surface area contributed by atoms with Gasteiger partial charge in [-0.3, -0.25) is 0 Å². The molecule has 0 aliphatic carbocycles. The van der Waals surface area contributed by atoms with Gasteiger partial charge in [0.05, 0.1) is 7.11 Å². The van der Waals surface area contributed by atoms with Crippen molar-refractivity contribution >= 4 is 0 Å². The SMILES string of the molecule is CCCC(N)CCCc1cc(CC)ccc1OC. The lowest BCUT2D eigenvalue weighted by Crippen LogP contribution is -2.19. The van der Waals surface area contributed by atoms with Gasteiger partial charge in [0.25, 0.3) is 0 Å². The monoisotopic (exact) mass is 249 g/mol. The molecule has 0 radical (unpaired) electrons. The first-order valence-corrected chi connectivity index (χ1v) is 7.12. The lowest BCUT2D eigenvalue weighted by atomic mass is 10.00.